The molecule has 4 rings (SSSR count). The summed E-state index contributed by atoms with van der Waals surface area (Å²) in [6.45, 7) is 5.11. The van der Waals surface area contributed by atoms with Gasteiger partial charge in [0.2, 0.25) is 5.91 Å². The molecule has 3 aromatic rings. The van der Waals surface area contributed by atoms with Gasteiger partial charge >= 0.3 is 0 Å². The smallest absolute Gasteiger partial charge is 0.251 e. The predicted octanol–water partition coefficient (Wildman–Crippen LogP) is 4.52. The maximum Gasteiger partial charge on any atom is 0.251 e. The van der Waals surface area contributed by atoms with Gasteiger partial charge in [-0.3, -0.25) is 14.5 Å². The van der Waals surface area contributed by atoms with Gasteiger partial charge in [-0.15, -0.1) is 0 Å². The Hall–Kier alpha value is -3.09. The third-order valence-electron chi connectivity index (χ3n) is 6.14. The Morgan fingerprint density at radius 1 is 0.912 bits per heavy atom. The Balaban J connectivity index is 1.50. The molecule has 5 nitrogen and oxygen atoms in total. The van der Waals surface area contributed by atoms with E-state index in [9.17, 15) is 9.59 Å². The third-order valence-corrected chi connectivity index (χ3v) is 7.08. The van der Waals surface area contributed by atoms with E-state index in [4.69, 9.17) is 0 Å². The standard InChI is InChI=1S/C28H31N3O2S/c1-21-24(20-31-15-17-34-18-16-31)13-8-14-25(21)29-28(33)26(19-22-9-4-2-5-10-22)30-27(32)23-11-6-3-7-12-23/h2-14,26H,15-20H2,1H3,(H,29,33)(H,30,32)/t26-/m1/s1. The summed E-state index contributed by atoms with van der Waals surface area (Å²) in [7, 11) is 0. The molecular weight excluding hydrogens is 442 g/mol. The summed E-state index contributed by atoms with van der Waals surface area (Å²) in [6.07, 6.45) is 0.412. The van der Waals surface area contributed by atoms with Crippen molar-refractivity contribution < 1.29 is 9.59 Å². The second kappa shape index (κ2) is 11.9. The van der Waals surface area contributed by atoms with Crippen LogP contribution in [-0.4, -0.2) is 47.4 Å². The van der Waals surface area contributed by atoms with Gasteiger partial charge in [-0.2, -0.15) is 11.8 Å². The van der Waals surface area contributed by atoms with Crippen LogP contribution in [0.25, 0.3) is 0 Å². The van der Waals surface area contributed by atoms with Gasteiger partial charge in [0.1, 0.15) is 6.04 Å². The fourth-order valence-electron chi connectivity index (χ4n) is 4.10. The molecule has 6 heteroatoms. The van der Waals surface area contributed by atoms with Crippen molar-refractivity contribution in [3.63, 3.8) is 0 Å². The quantitative estimate of drug-likeness (QED) is 0.505. The SMILES string of the molecule is Cc1c(CN2CCSCC2)cccc1NC(=O)[C@@H](Cc1ccccc1)NC(=O)c1ccccc1. The van der Waals surface area contributed by atoms with Crippen molar-refractivity contribution >= 4 is 29.3 Å². The van der Waals surface area contributed by atoms with E-state index >= 15 is 0 Å². The van der Waals surface area contributed by atoms with Gasteiger partial charge in [-0.05, 0) is 41.8 Å². The number of carbonyl (C=O) groups is 2. The average Bonchev–Trinajstić information content (AvgIpc) is 2.88. The van der Waals surface area contributed by atoms with Crippen molar-refractivity contribution in [1.29, 1.82) is 0 Å². The number of hydrogen-bond acceptors (Lipinski definition) is 4. The molecule has 0 saturated carbocycles. The van der Waals surface area contributed by atoms with Gasteiger partial charge < -0.3 is 10.6 Å². The van der Waals surface area contributed by atoms with Crippen molar-refractivity contribution in [2.75, 3.05) is 29.9 Å². The Morgan fingerprint density at radius 2 is 1.59 bits per heavy atom. The van der Waals surface area contributed by atoms with Crippen LogP contribution >= 0.6 is 11.8 Å². The number of nitrogens with zero attached hydrogens (tertiary/aromatic N) is 1. The van der Waals surface area contributed by atoms with E-state index < -0.39 is 6.04 Å². The van der Waals surface area contributed by atoms with Crippen LogP contribution in [0.1, 0.15) is 27.0 Å². The molecule has 0 aliphatic carbocycles. The monoisotopic (exact) mass is 473 g/mol. The Bertz CT molecular complexity index is 1100. The molecule has 3 aromatic carbocycles. The molecule has 0 spiro atoms. The van der Waals surface area contributed by atoms with E-state index in [1.165, 1.54) is 5.56 Å². The van der Waals surface area contributed by atoms with Gasteiger partial charge in [0, 0.05) is 48.8 Å². The molecule has 1 atom stereocenters. The summed E-state index contributed by atoms with van der Waals surface area (Å²) in [6, 6.07) is 24.1. The van der Waals surface area contributed by atoms with Gasteiger partial charge in [0.15, 0.2) is 0 Å². The Labute approximate surface area is 205 Å². The summed E-state index contributed by atoms with van der Waals surface area (Å²) in [4.78, 5) is 28.7. The highest BCUT2D eigenvalue weighted by atomic mass is 32.2. The first-order chi connectivity index (χ1) is 16.6. The molecular formula is C28H31N3O2S. The fraction of sp³-hybridized carbons (Fsp3) is 0.286. The maximum absolute atomic E-state index is 13.4. The second-order valence-corrected chi connectivity index (χ2v) is 9.77. The van der Waals surface area contributed by atoms with Gasteiger partial charge in [-0.25, -0.2) is 0 Å². The van der Waals surface area contributed by atoms with Gasteiger partial charge in [0.25, 0.3) is 5.91 Å². The van der Waals surface area contributed by atoms with Crippen molar-refractivity contribution in [3.8, 4) is 0 Å². The highest BCUT2D eigenvalue weighted by Gasteiger charge is 2.23. The number of thioether (sulfide) groups is 1. The molecule has 2 N–H and O–H groups in total. The molecule has 1 aliphatic heterocycles. The van der Waals surface area contributed by atoms with Crippen LogP contribution < -0.4 is 10.6 Å². The molecule has 1 aliphatic rings. The summed E-state index contributed by atoms with van der Waals surface area (Å²) >= 11 is 2.00. The van der Waals surface area contributed by atoms with Crippen molar-refractivity contribution in [2.45, 2.75) is 25.9 Å². The Kier molecular flexibility index (Phi) is 8.39. The number of carbonyl (C=O) groups excluding carboxylic acids is 2. The average molecular weight is 474 g/mol. The van der Waals surface area contributed by atoms with E-state index in [-0.39, 0.29) is 11.8 Å². The largest absolute Gasteiger partial charge is 0.340 e. The van der Waals surface area contributed by atoms with E-state index in [0.29, 0.717) is 12.0 Å². The molecule has 0 radical (unpaired) electrons. The number of amides is 2. The van der Waals surface area contributed by atoms with E-state index in [1.54, 1.807) is 12.1 Å². The zero-order valence-corrected chi connectivity index (χ0v) is 20.3. The van der Waals surface area contributed by atoms with E-state index in [1.807, 2.05) is 72.4 Å². The van der Waals surface area contributed by atoms with E-state index in [0.717, 1.165) is 48.0 Å². The molecule has 0 unspecified atom stereocenters. The minimum atomic E-state index is -0.697. The summed E-state index contributed by atoms with van der Waals surface area (Å²) in [5.74, 6) is 1.85. The fourth-order valence-corrected chi connectivity index (χ4v) is 5.08. The van der Waals surface area contributed by atoms with Crippen LogP contribution in [-0.2, 0) is 17.8 Å². The highest BCUT2D eigenvalue weighted by Crippen LogP contribution is 2.22. The molecule has 1 heterocycles. The lowest BCUT2D eigenvalue weighted by Crippen LogP contribution is -2.45. The number of anilines is 1. The molecule has 0 aromatic heterocycles. The minimum absolute atomic E-state index is 0.220. The third kappa shape index (κ3) is 6.49. The van der Waals surface area contributed by atoms with Crippen molar-refractivity contribution in [3.05, 3.63) is 101 Å². The summed E-state index contributed by atoms with van der Waals surface area (Å²) in [5, 5.41) is 6.03. The molecule has 0 bridgehead atoms. The molecule has 1 saturated heterocycles. The van der Waals surface area contributed by atoms with Crippen LogP contribution in [0.15, 0.2) is 78.9 Å². The van der Waals surface area contributed by atoms with Crippen LogP contribution in [0, 0.1) is 6.92 Å². The number of nitrogens with one attached hydrogen (secondary N) is 2. The lowest BCUT2D eigenvalue weighted by atomic mass is 10.0. The predicted molar refractivity (Wildman–Crippen MR) is 140 cm³/mol. The van der Waals surface area contributed by atoms with Crippen LogP contribution in [0.5, 0.6) is 0 Å². The zero-order valence-electron chi connectivity index (χ0n) is 19.5. The minimum Gasteiger partial charge on any atom is -0.340 e. The van der Waals surface area contributed by atoms with Crippen molar-refractivity contribution in [1.82, 2.24) is 10.2 Å². The molecule has 2 amide bonds. The molecule has 1 fully saturated rings. The Morgan fingerprint density at radius 3 is 2.29 bits per heavy atom. The van der Waals surface area contributed by atoms with Crippen LogP contribution in [0.3, 0.4) is 0 Å². The van der Waals surface area contributed by atoms with Gasteiger partial charge in [0.05, 0.1) is 0 Å². The maximum atomic E-state index is 13.4. The summed E-state index contributed by atoms with van der Waals surface area (Å²) in [5.41, 5.74) is 4.61. The zero-order chi connectivity index (χ0) is 23.8. The number of benzene rings is 3. The first kappa shape index (κ1) is 24.0. The topological polar surface area (TPSA) is 61.4 Å². The lowest BCUT2D eigenvalue weighted by Gasteiger charge is -2.27. The van der Waals surface area contributed by atoms with Gasteiger partial charge in [-0.1, -0.05) is 60.7 Å². The van der Waals surface area contributed by atoms with E-state index in [2.05, 4.69) is 28.5 Å². The van der Waals surface area contributed by atoms with Crippen LogP contribution in [0.2, 0.25) is 0 Å². The molecule has 176 valence electrons. The highest BCUT2D eigenvalue weighted by molar-refractivity contribution is 7.99. The normalized spacial score (nSPS) is 14.9. The van der Waals surface area contributed by atoms with Crippen LogP contribution in [0.4, 0.5) is 5.69 Å². The number of hydrogen-bond donors (Lipinski definition) is 2. The molecule has 34 heavy (non-hydrogen) atoms. The first-order valence-corrected chi connectivity index (χ1v) is 12.8. The summed E-state index contributed by atoms with van der Waals surface area (Å²) < 4.78 is 0. The lowest BCUT2D eigenvalue weighted by molar-refractivity contribution is -0.118. The van der Waals surface area contributed by atoms with Crippen molar-refractivity contribution in [2.24, 2.45) is 0 Å². The first-order valence-electron chi connectivity index (χ1n) is 11.7. The second-order valence-electron chi connectivity index (χ2n) is 8.55. The number of rotatable bonds is 8.